The Balaban J connectivity index is 2.14. The van der Waals surface area contributed by atoms with Crippen LogP contribution in [0.25, 0.3) is 0 Å². The number of hydrogen-bond donors (Lipinski definition) is 1. The highest BCUT2D eigenvalue weighted by Gasteiger charge is 2.24. The molecule has 2 rings (SSSR count). The molecule has 23 heavy (non-hydrogen) atoms. The molecule has 1 N–H and O–H groups in total. The van der Waals surface area contributed by atoms with Crippen LogP contribution in [0.3, 0.4) is 0 Å². The van der Waals surface area contributed by atoms with E-state index in [0.29, 0.717) is 30.5 Å². The van der Waals surface area contributed by atoms with Crippen molar-refractivity contribution in [2.45, 2.75) is 32.9 Å². The van der Waals surface area contributed by atoms with Crippen LogP contribution in [0.5, 0.6) is 17.2 Å². The summed E-state index contributed by atoms with van der Waals surface area (Å²) < 4.78 is 21.3. The van der Waals surface area contributed by atoms with E-state index < -0.39 is 12.1 Å². The normalized spacial score (nSPS) is 14.1. The molecule has 0 spiro atoms. The van der Waals surface area contributed by atoms with Gasteiger partial charge < -0.3 is 24.3 Å². The summed E-state index contributed by atoms with van der Waals surface area (Å²) >= 11 is 0. The van der Waals surface area contributed by atoms with Gasteiger partial charge in [0.05, 0.1) is 12.7 Å². The van der Waals surface area contributed by atoms with E-state index >= 15 is 0 Å². The highest BCUT2D eigenvalue weighted by molar-refractivity contribution is 5.93. The molecule has 1 aromatic carbocycles. The minimum Gasteiger partial charge on any atom is -0.493 e. The molecule has 1 amide bonds. The van der Waals surface area contributed by atoms with Crippen molar-refractivity contribution in [1.29, 1.82) is 0 Å². The Bertz CT molecular complexity index is 581. The number of carbonyl (C=O) groups excluding carboxylic acids is 2. The van der Waals surface area contributed by atoms with Gasteiger partial charge in [-0.1, -0.05) is 0 Å². The van der Waals surface area contributed by atoms with Gasteiger partial charge in [-0.05, 0) is 32.9 Å². The van der Waals surface area contributed by atoms with Crippen molar-refractivity contribution in [3.63, 3.8) is 0 Å². The highest BCUT2D eigenvalue weighted by Crippen LogP contribution is 2.40. The fourth-order valence-corrected chi connectivity index (χ4v) is 2.07. The molecule has 1 heterocycles. The van der Waals surface area contributed by atoms with Gasteiger partial charge in [0, 0.05) is 6.04 Å². The van der Waals surface area contributed by atoms with Gasteiger partial charge in [-0.15, -0.1) is 0 Å². The molecule has 1 aliphatic rings. The van der Waals surface area contributed by atoms with Gasteiger partial charge in [-0.25, -0.2) is 4.79 Å². The van der Waals surface area contributed by atoms with Crippen molar-refractivity contribution in [2.24, 2.45) is 0 Å². The van der Waals surface area contributed by atoms with Crippen molar-refractivity contribution in [1.82, 2.24) is 5.32 Å². The fraction of sp³-hybridized carbons (Fsp3) is 0.500. The Morgan fingerprint density at radius 1 is 1.17 bits per heavy atom. The lowest BCUT2D eigenvalue weighted by Crippen LogP contribution is -2.39. The minimum absolute atomic E-state index is 0.0296. The minimum atomic E-state index is -0.899. The third kappa shape index (κ3) is 4.06. The molecule has 0 radical (unpaired) electrons. The Hall–Kier alpha value is -2.44. The number of fused-ring (bicyclic) bond motifs is 1. The van der Waals surface area contributed by atoms with Crippen molar-refractivity contribution in [2.75, 3.05) is 20.3 Å². The van der Waals surface area contributed by atoms with Gasteiger partial charge in [-0.3, -0.25) is 4.79 Å². The predicted molar refractivity (Wildman–Crippen MR) is 82.1 cm³/mol. The Morgan fingerprint density at radius 3 is 2.52 bits per heavy atom. The monoisotopic (exact) mass is 323 g/mol. The van der Waals surface area contributed by atoms with Gasteiger partial charge in [0.25, 0.3) is 5.91 Å². The molecule has 7 heteroatoms. The van der Waals surface area contributed by atoms with Crippen LogP contribution in [0.2, 0.25) is 0 Å². The maximum atomic E-state index is 12.2. The standard InChI is InChI=1S/C16H21NO6/c1-9(2)17-15(18)10(3)23-16(19)11-7-12(20-4)14-13(8-11)21-5-6-22-14/h7-10H,5-6H2,1-4H3,(H,17,18)/t10-/m1/s1. The number of rotatable bonds is 5. The lowest BCUT2D eigenvalue weighted by Gasteiger charge is -2.21. The van der Waals surface area contributed by atoms with Crippen LogP contribution in [0, 0.1) is 0 Å². The largest absolute Gasteiger partial charge is 0.493 e. The summed E-state index contributed by atoms with van der Waals surface area (Å²) in [5.74, 6) is 0.278. The molecule has 1 aromatic rings. The maximum Gasteiger partial charge on any atom is 0.339 e. The van der Waals surface area contributed by atoms with E-state index in [-0.39, 0.29) is 17.5 Å². The zero-order valence-electron chi connectivity index (χ0n) is 13.7. The quantitative estimate of drug-likeness (QED) is 0.828. The molecule has 0 unspecified atom stereocenters. The topological polar surface area (TPSA) is 83.1 Å². The third-order valence-corrected chi connectivity index (χ3v) is 3.15. The molecule has 0 aromatic heterocycles. The molecule has 0 bridgehead atoms. The number of amides is 1. The number of benzene rings is 1. The first-order valence-corrected chi connectivity index (χ1v) is 7.41. The second-order valence-electron chi connectivity index (χ2n) is 5.41. The smallest absolute Gasteiger partial charge is 0.339 e. The van der Waals surface area contributed by atoms with E-state index in [9.17, 15) is 9.59 Å². The average Bonchev–Trinajstić information content (AvgIpc) is 2.52. The second-order valence-corrected chi connectivity index (χ2v) is 5.41. The van der Waals surface area contributed by atoms with Crippen LogP contribution >= 0.6 is 0 Å². The molecule has 0 fully saturated rings. The SMILES string of the molecule is COc1cc(C(=O)O[C@H](C)C(=O)NC(C)C)cc2c1OCCO2. The first-order valence-electron chi connectivity index (χ1n) is 7.41. The lowest BCUT2D eigenvalue weighted by atomic mass is 10.1. The summed E-state index contributed by atoms with van der Waals surface area (Å²) in [5.41, 5.74) is 0.232. The molecule has 0 saturated carbocycles. The number of ether oxygens (including phenoxy) is 4. The van der Waals surface area contributed by atoms with Crippen LogP contribution in [-0.2, 0) is 9.53 Å². The number of hydrogen-bond acceptors (Lipinski definition) is 6. The first-order chi connectivity index (χ1) is 10.9. The summed E-state index contributed by atoms with van der Waals surface area (Å²) in [5, 5.41) is 2.69. The molecule has 7 nitrogen and oxygen atoms in total. The molecule has 126 valence electrons. The zero-order valence-corrected chi connectivity index (χ0v) is 13.7. The number of esters is 1. The van der Waals surface area contributed by atoms with Crippen molar-refractivity contribution in [3.05, 3.63) is 17.7 Å². The predicted octanol–water partition coefficient (Wildman–Crippen LogP) is 1.54. The molecule has 1 atom stereocenters. The van der Waals surface area contributed by atoms with Crippen molar-refractivity contribution < 1.29 is 28.5 Å². The molecular formula is C16H21NO6. The van der Waals surface area contributed by atoms with E-state index in [2.05, 4.69) is 5.32 Å². The van der Waals surface area contributed by atoms with Crippen LogP contribution < -0.4 is 19.5 Å². The Kier molecular flexibility index (Phi) is 5.31. The third-order valence-electron chi connectivity index (χ3n) is 3.15. The van der Waals surface area contributed by atoms with E-state index in [1.807, 2.05) is 13.8 Å². The zero-order chi connectivity index (χ0) is 17.0. The molecule has 1 aliphatic heterocycles. The van der Waals surface area contributed by atoms with Gasteiger partial charge >= 0.3 is 5.97 Å². The summed E-state index contributed by atoms with van der Waals surface area (Å²) in [6.07, 6.45) is -0.899. The molecule has 0 saturated heterocycles. The lowest BCUT2D eigenvalue weighted by molar-refractivity contribution is -0.129. The van der Waals surface area contributed by atoms with Gasteiger partial charge in [-0.2, -0.15) is 0 Å². The average molecular weight is 323 g/mol. The second kappa shape index (κ2) is 7.21. The van der Waals surface area contributed by atoms with Gasteiger partial charge in [0.2, 0.25) is 5.75 Å². The van der Waals surface area contributed by atoms with Crippen LogP contribution in [-0.4, -0.2) is 44.3 Å². The molecular weight excluding hydrogens is 302 g/mol. The number of methoxy groups -OCH3 is 1. The summed E-state index contributed by atoms with van der Waals surface area (Å²) in [7, 11) is 1.47. The Morgan fingerprint density at radius 2 is 1.87 bits per heavy atom. The Labute approximate surface area is 134 Å². The fourth-order valence-electron chi connectivity index (χ4n) is 2.07. The van der Waals surface area contributed by atoms with E-state index in [4.69, 9.17) is 18.9 Å². The van der Waals surface area contributed by atoms with Gasteiger partial charge in [0.1, 0.15) is 13.2 Å². The molecule has 0 aliphatic carbocycles. The summed E-state index contributed by atoms with van der Waals surface area (Å²) in [6, 6.07) is 2.99. The van der Waals surface area contributed by atoms with Gasteiger partial charge in [0.15, 0.2) is 17.6 Å². The van der Waals surface area contributed by atoms with E-state index in [1.54, 1.807) is 0 Å². The van der Waals surface area contributed by atoms with Crippen LogP contribution in [0.4, 0.5) is 0 Å². The number of nitrogens with one attached hydrogen (secondary N) is 1. The van der Waals surface area contributed by atoms with Crippen LogP contribution in [0.15, 0.2) is 12.1 Å². The summed E-state index contributed by atoms with van der Waals surface area (Å²) in [4.78, 5) is 24.1. The maximum absolute atomic E-state index is 12.2. The van der Waals surface area contributed by atoms with Crippen LogP contribution in [0.1, 0.15) is 31.1 Å². The first kappa shape index (κ1) is 16.9. The van der Waals surface area contributed by atoms with E-state index in [0.717, 1.165) is 0 Å². The van der Waals surface area contributed by atoms with E-state index in [1.165, 1.54) is 26.2 Å². The number of carbonyl (C=O) groups is 2. The van der Waals surface area contributed by atoms with Crippen molar-refractivity contribution in [3.8, 4) is 17.2 Å². The van der Waals surface area contributed by atoms with Crippen molar-refractivity contribution >= 4 is 11.9 Å². The summed E-state index contributed by atoms with van der Waals surface area (Å²) in [6.45, 7) is 5.99. The highest BCUT2D eigenvalue weighted by atomic mass is 16.6.